The van der Waals surface area contributed by atoms with Crippen molar-refractivity contribution < 1.29 is 0 Å². The Morgan fingerprint density at radius 2 is 2.17 bits per heavy atom. The van der Waals surface area contributed by atoms with E-state index in [-0.39, 0.29) is 0 Å². The Morgan fingerprint density at radius 1 is 1.33 bits per heavy atom. The molecule has 0 saturated heterocycles. The summed E-state index contributed by atoms with van der Waals surface area (Å²) in [6.07, 6.45) is 5.38. The minimum Gasteiger partial charge on any atom is -0.303 e. The molecule has 0 spiro atoms. The molecule has 0 radical (unpaired) electrons. The fourth-order valence-electron chi connectivity index (χ4n) is 1.18. The van der Waals surface area contributed by atoms with Crippen molar-refractivity contribution in [1.29, 1.82) is 0 Å². The number of nitrogens with zero attached hydrogens (tertiary/aromatic N) is 4. The zero-order chi connectivity index (χ0) is 8.55. The van der Waals surface area contributed by atoms with Crippen LogP contribution in [0.5, 0.6) is 0 Å². The highest BCUT2D eigenvalue weighted by Gasteiger charge is 2.01. The van der Waals surface area contributed by atoms with Gasteiger partial charge in [0.25, 0.3) is 0 Å². The first-order chi connectivity index (χ1) is 5.79. The molecule has 0 aromatic carbocycles. The Balaban J connectivity index is 2.70. The van der Waals surface area contributed by atoms with Gasteiger partial charge in [-0.3, -0.25) is 4.98 Å². The second-order valence-corrected chi connectivity index (χ2v) is 2.82. The van der Waals surface area contributed by atoms with Gasteiger partial charge in [-0.15, -0.1) is 0 Å². The maximum absolute atomic E-state index is 4.20. The molecule has 4 heteroatoms. The normalized spacial score (nSPS) is 10.5. The molecular formula is C8H10N4. The molecule has 0 aliphatic carbocycles. The monoisotopic (exact) mass is 162 g/mol. The molecular weight excluding hydrogens is 152 g/mol. The molecule has 4 nitrogen and oxygen atoms in total. The smallest absolute Gasteiger partial charge is 0.0951 e. The summed E-state index contributed by atoms with van der Waals surface area (Å²) in [6.45, 7) is 0. The number of rotatable bonds is 1. The molecule has 0 unspecified atom stereocenters. The van der Waals surface area contributed by atoms with Crippen LogP contribution in [0.25, 0.3) is 10.9 Å². The summed E-state index contributed by atoms with van der Waals surface area (Å²) in [5.74, 6) is 0. The van der Waals surface area contributed by atoms with Gasteiger partial charge < -0.3 is 5.01 Å². The average molecular weight is 162 g/mol. The van der Waals surface area contributed by atoms with Crippen LogP contribution in [0.2, 0.25) is 0 Å². The van der Waals surface area contributed by atoms with Gasteiger partial charge in [-0.1, -0.05) is 0 Å². The third-order valence-electron chi connectivity index (χ3n) is 1.73. The predicted octanol–water partition coefficient (Wildman–Crippen LogP) is 0.629. The van der Waals surface area contributed by atoms with Gasteiger partial charge in [-0.2, -0.15) is 9.89 Å². The molecule has 12 heavy (non-hydrogen) atoms. The topological polar surface area (TPSA) is 34.0 Å². The number of hydrogen-bond acceptors (Lipinski definition) is 3. The van der Waals surface area contributed by atoms with E-state index in [2.05, 4.69) is 10.1 Å². The van der Waals surface area contributed by atoms with E-state index in [9.17, 15) is 0 Å². The molecule has 0 aliphatic rings. The van der Waals surface area contributed by atoms with Crippen molar-refractivity contribution in [2.24, 2.45) is 0 Å². The first-order valence-electron chi connectivity index (χ1n) is 3.74. The molecule has 2 aromatic rings. The first-order valence-corrected chi connectivity index (χ1v) is 3.74. The van der Waals surface area contributed by atoms with Crippen LogP contribution in [0.15, 0.2) is 24.7 Å². The molecule has 2 rings (SSSR count). The van der Waals surface area contributed by atoms with Crippen LogP contribution < -0.4 is 5.01 Å². The average Bonchev–Trinajstić information content (AvgIpc) is 2.47. The maximum Gasteiger partial charge on any atom is 0.0951 e. The molecule has 0 atom stereocenters. The number of pyridine rings is 1. The summed E-state index contributed by atoms with van der Waals surface area (Å²) < 4.78 is 0. The molecule has 0 N–H and O–H groups in total. The van der Waals surface area contributed by atoms with E-state index in [1.165, 1.54) is 0 Å². The van der Waals surface area contributed by atoms with Crippen LogP contribution in [0, 0.1) is 0 Å². The van der Waals surface area contributed by atoms with Crippen LogP contribution in [0.1, 0.15) is 0 Å². The molecule has 0 amide bonds. The number of hydrogen-bond donors (Lipinski definition) is 0. The Labute approximate surface area is 70.4 Å². The zero-order valence-electron chi connectivity index (χ0n) is 7.10. The maximum atomic E-state index is 4.20. The lowest BCUT2D eigenvalue weighted by molar-refractivity contribution is 0.661. The Hall–Kier alpha value is -1.58. The minimum atomic E-state index is 1.06. The van der Waals surface area contributed by atoms with Crippen LogP contribution in [-0.4, -0.2) is 29.0 Å². The summed E-state index contributed by atoms with van der Waals surface area (Å²) in [7, 11) is 3.90. The summed E-state index contributed by atoms with van der Waals surface area (Å²) in [6, 6.07) is 1.95. The Morgan fingerprint density at radius 3 is 2.92 bits per heavy atom. The first kappa shape index (κ1) is 7.09. The van der Waals surface area contributed by atoms with Crippen LogP contribution in [-0.2, 0) is 0 Å². The fraction of sp³-hybridized carbons (Fsp3) is 0.250. The van der Waals surface area contributed by atoms with Gasteiger partial charge >= 0.3 is 0 Å². The number of fused-ring (bicyclic) bond motifs is 1. The highest BCUT2D eigenvalue weighted by molar-refractivity contribution is 5.77. The SMILES string of the molecule is CN(C)n1ncc2cnccc21. The molecule has 2 aromatic heterocycles. The highest BCUT2D eigenvalue weighted by atomic mass is 15.6. The third-order valence-corrected chi connectivity index (χ3v) is 1.73. The number of aromatic nitrogens is 3. The molecule has 0 fully saturated rings. The van der Waals surface area contributed by atoms with Gasteiger partial charge in [0, 0.05) is 31.9 Å². The summed E-state index contributed by atoms with van der Waals surface area (Å²) in [4.78, 5) is 5.84. The van der Waals surface area contributed by atoms with Gasteiger partial charge in [0.15, 0.2) is 0 Å². The Kier molecular flexibility index (Phi) is 1.46. The van der Waals surface area contributed by atoms with Gasteiger partial charge in [0.2, 0.25) is 0 Å². The second-order valence-electron chi connectivity index (χ2n) is 2.82. The summed E-state index contributed by atoms with van der Waals surface area (Å²) >= 11 is 0. The van der Waals surface area contributed by atoms with Crippen molar-refractivity contribution in [3.63, 3.8) is 0 Å². The van der Waals surface area contributed by atoms with Gasteiger partial charge in [-0.25, -0.2) is 0 Å². The van der Waals surface area contributed by atoms with Crippen molar-refractivity contribution in [3.8, 4) is 0 Å². The lowest BCUT2D eigenvalue weighted by Gasteiger charge is -2.12. The van der Waals surface area contributed by atoms with Crippen molar-refractivity contribution in [1.82, 2.24) is 14.9 Å². The fourth-order valence-corrected chi connectivity index (χ4v) is 1.18. The van der Waals surface area contributed by atoms with Crippen molar-refractivity contribution in [2.45, 2.75) is 0 Å². The third kappa shape index (κ3) is 0.922. The van der Waals surface area contributed by atoms with Gasteiger partial charge in [0.1, 0.15) is 0 Å². The van der Waals surface area contributed by atoms with Crippen LogP contribution >= 0.6 is 0 Å². The lowest BCUT2D eigenvalue weighted by atomic mass is 10.3. The van der Waals surface area contributed by atoms with E-state index in [1.54, 1.807) is 6.20 Å². The summed E-state index contributed by atoms with van der Waals surface area (Å²) in [5, 5.41) is 7.18. The lowest BCUT2D eigenvalue weighted by Crippen LogP contribution is -2.25. The second kappa shape index (κ2) is 2.48. The van der Waals surface area contributed by atoms with Gasteiger partial charge in [0.05, 0.1) is 11.7 Å². The zero-order valence-corrected chi connectivity index (χ0v) is 7.10. The van der Waals surface area contributed by atoms with Crippen molar-refractivity contribution >= 4 is 10.9 Å². The standard InChI is InChI=1S/C8H10N4/c1-11(2)12-8-3-4-9-5-7(8)6-10-12/h3-6H,1-2H3. The molecule has 0 saturated carbocycles. The van der Waals surface area contributed by atoms with E-state index in [0.29, 0.717) is 0 Å². The van der Waals surface area contributed by atoms with Crippen LogP contribution in [0.4, 0.5) is 0 Å². The molecule has 2 heterocycles. The van der Waals surface area contributed by atoms with E-state index >= 15 is 0 Å². The predicted molar refractivity (Wildman–Crippen MR) is 47.6 cm³/mol. The van der Waals surface area contributed by atoms with E-state index < -0.39 is 0 Å². The van der Waals surface area contributed by atoms with Crippen molar-refractivity contribution in [2.75, 3.05) is 19.1 Å². The van der Waals surface area contributed by atoms with E-state index in [4.69, 9.17) is 0 Å². The minimum absolute atomic E-state index is 1.06. The molecule has 0 aliphatic heterocycles. The van der Waals surface area contributed by atoms with Crippen molar-refractivity contribution in [3.05, 3.63) is 24.7 Å². The quantitative estimate of drug-likeness (QED) is 0.616. The molecule has 62 valence electrons. The summed E-state index contributed by atoms with van der Waals surface area (Å²) in [5.41, 5.74) is 1.08. The van der Waals surface area contributed by atoms with E-state index in [0.717, 1.165) is 10.9 Å². The molecule has 0 bridgehead atoms. The largest absolute Gasteiger partial charge is 0.303 e. The van der Waals surface area contributed by atoms with E-state index in [1.807, 2.05) is 42.4 Å². The Bertz CT molecular complexity index is 391. The van der Waals surface area contributed by atoms with Gasteiger partial charge in [-0.05, 0) is 6.07 Å². The highest BCUT2D eigenvalue weighted by Crippen LogP contribution is 2.09. The van der Waals surface area contributed by atoms with Crippen LogP contribution in [0.3, 0.4) is 0 Å².